The molecule has 2 nitrogen and oxygen atoms in total. The molecule has 3 heteroatoms. The molecule has 0 aliphatic heterocycles. The van der Waals surface area contributed by atoms with Crippen molar-refractivity contribution in [3.8, 4) is 6.07 Å². The maximum absolute atomic E-state index is 10.7. The van der Waals surface area contributed by atoms with Crippen LogP contribution in [0.15, 0.2) is 24.3 Å². The molecule has 0 amide bonds. The molecule has 0 spiro atoms. The molecule has 0 aliphatic rings. The molecule has 1 aromatic carbocycles. The van der Waals surface area contributed by atoms with Gasteiger partial charge in [0.2, 0.25) is 5.12 Å². The minimum atomic E-state index is -0.317. The smallest absolute Gasteiger partial charge is 0.216 e. The topological polar surface area (TPSA) is 40.9 Å². The molecule has 0 saturated carbocycles. The minimum Gasteiger partial charge on any atom is -0.282 e. The highest BCUT2D eigenvalue weighted by molar-refractivity contribution is 7.97. The van der Waals surface area contributed by atoms with Gasteiger partial charge in [0, 0.05) is 5.56 Å². The third-order valence-electron chi connectivity index (χ3n) is 1.24. The second-order valence-corrected chi connectivity index (χ2v) is 2.40. The van der Waals surface area contributed by atoms with Crippen molar-refractivity contribution in [2.24, 2.45) is 0 Å². The van der Waals surface area contributed by atoms with Crippen LogP contribution in [0.25, 0.3) is 0 Å². The normalized spacial score (nSPS) is 8.73. The van der Waals surface area contributed by atoms with Gasteiger partial charge < -0.3 is 0 Å². The second-order valence-electron chi connectivity index (χ2n) is 2.00. The molecule has 0 N–H and O–H groups in total. The summed E-state index contributed by atoms with van der Waals surface area (Å²) in [5.74, 6) is 0. The van der Waals surface area contributed by atoms with Crippen LogP contribution in [0.5, 0.6) is 0 Å². The summed E-state index contributed by atoms with van der Waals surface area (Å²) in [6, 6.07) is 8.36. The number of hydrogen-bond acceptors (Lipinski definition) is 2. The molecule has 0 aromatic heterocycles. The predicted molar refractivity (Wildman–Crippen MR) is 44.5 cm³/mol. The largest absolute Gasteiger partial charge is 0.282 e. The summed E-state index contributed by atoms with van der Waals surface area (Å²) in [4.78, 5) is 10.7. The summed E-state index contributed by atoms with van der Waals surface area (Å²) in [6.07, 6.45) is 0. The fraction of sp³-hybridized carbons (Fsp3) is 0. The van der Waals surface area contributed by atoms with E-state index in [1.54, 1.807) is 18.2 Å². The number of hydrogen-bond donors (Lipinski definition) is 1. The number of nitriles is 1. The van der Waals surface area contributed by atoms with Gasteiger partial charge >= 0.3 is 0 Å². The summed E-state index contributed by atoms with van der Waals surface area (Å²) in [5.41, 5.74) is 0.928. The summed E-state index contributed by atoms with van der Waals surface area (Å²) < 4.78 is 0. The average molecular weight is 163 g/mol. The van der Waals surface area contributed by atoms with E-state index < -0.39 is 0 Å². The fourth-order valence-corrected chi connectivity index (χ4v) is 0.861. The molecule has 11 heavy (non-hydrogen) atoms. The molecule has 0 fully saturated rings. The highest BCUT2D eigenvalue weighted by Crippen LogP contribution is 2.06. The Hall–Kier alpha value is -1.27. The quantitative estimate of drug-likeness (QED) is 0.639. The van der Waals surface area contributed by atoms with Crippen molar-refractivity contribution >= 4 is 17.7 Å². The van der Waals surface area contributed by atoms with Gasteiger partial charge in [-0.25, -0.2) is 0 Å². The van der Waals surface area contributed by atoms with Gasteiger partial charge in [0.15, 0.2) is 0 Å². The van der Waals surface area contributed by atoms with E-state index >= 15 is 0 Å². The Morgan fingerprint density at radius 2 is 2.27 bits per heavy atom. The molecule has 1 rings (SSSR count). The van der Waals surface area contributed by atoms with Crippen molar-refractivity contribution in [3.63, 3.8) is 0 Å². The molecule has 54 valence electrons. The van der Waals surface area contributed by atoms with Crippen LogP contribution in [0.3, 0.4) is 0 Å². The van der Waals surface area contributed by atoms with Gasteiger partial charge in [-0.05, 0) is 12.1 Å². The van der Waals surface area contributed by atoms with Gasteiger partial charge in [-0.15, -0.1) is 12.6 Å². The number of carbonyl (C=O) groups excluding carboxylic acids is 1. The molecular weight excluding hydrogens is 158 g/mol. The van der Waals surface area contributed by atoms with Crippen molar-refractivity contribution in [1.29, 1.82) is 5.26 Å². The lowest BCUT2D eigenvalue weighted by Gasteiger charge is -1.92. The van der Waals surface area contributed by atoms with Gasteiger partial charge in [0.1, 0.15) is 0 Å². The summed E-state index contributed by atoms with van der Waals surface area (Å²) in [7, 11) is 0. The number of thiol groups is 1. The summed E-state index contributed by atoms with van der Waals surface area (Å²) in [6.45, 7) is 0. The van der Waals surface area contributed by atoms with E-state index in [0.29, 0.717) is 11.1 Å². The number of rotatable bonds is 1. The van der Waals surface area contributed by atoms with Crippen LogP contribution in [-0.2, 0) is 0 Å². The van der Waals surface area contributed by atoms with Crippen LogP contribution >= 0.6 is 12.6 Å². The zero-order valence-corrected chi connectivity index (χ0v) is 6.51. The van der Waals surface area contributed by atoms with E-state index in [4.69, 9.17) is 5.26 Å². The van der Waals surface area contributed by atoms with Crippen LogP contribution in [0.2, 0.25) is 0 Å². The Bertz CT molecular complexity index is 327. The van der Waals surface area contributed by atoms with E-state index in [1.807, 2.05) is 6.07 Å². The third kappa shape index (κ3) is 1.82. The monoisotopic (exact) mass is 163 g/mol. The lowest BCUT2D eigenvalue weighted by Crippen LogP contribution is -1.88. The molecule has 0 unspecified atom stereocenters. The van der Waals surface area contributed by atoms with E-state index in [1.165, 1.54) is 6.07 Å². The standard InChI is InChI=1S/C8H5NOS/c9-5-6-2-1-3-7(4-6)8(10)11/h1-4H,(H,10,11). The van der Waals surface area contributed by atoms with Gasteiger partial charge in [0.05, 0.1) is 11.6 Å². The maximum Gasteiger partial charge on any atom is 0.216 e. The van der Waals surface area contributed by atoms with Crippen molar-refractivity contribution in [1.82, 2.24) is 0 Å². The zero-order chi connectivity index (χ0) is 8.27. The molecule has 0 radical (unpaired) electrons. The first kappa shape index (κ1) is 7.83. The number of carbonyl (C=O) groups is 1. The first-order valence-electron chi connectivity index (χ1n) is 2.97. The summed E-state index contributed by atoms with van der Waals surface area (Å²) in [5, 5.41) is 8.14. The van der Waals surface area contributed by atoms with Gasteiger partial charge in [-0.2, -0.15) is 5.26 Å². The fourth-order valence-electron chi connectivity index (χ4n) is 0.722. The second kappa shape index (κ2) is 3.22. The molecule has 0 aliphatic carbocycles. The lowest BCUT2D eigenvalue weighted by atomic mass is 10.1. The molecule has 0 bridgehead atoms. The minimum absolute atomic E-state index is 0.317. The molecule has 0 saturated heterocycles. The first-order valence-corrected chi connectivity index (χ1v) is 3.42. The molecule has 1 aromatic rings. The van der Waals surface area contributed by atoms with Crippen LogP contribution in [-0.4, -0.2) is 5.12 Å². The molecular formula is C8H5NOS. The lowest BCUT2D eigenvalue weighted by molar-refractivity contribution is 0.109. The van der Waals surface area contributed by atoms with Gasteiger partial charge in [-0.3, -0.25) is 4.79 Å². The third-order valence-corrected chi connectivity index (χ3v) is 1.50. The maximum atomic E-state index is 10.7. The van der Waals surface area contributed by atoms with Crippen LogP contribution in [0.4, 0.5) is 0 Å². The Balaban J connectivity index is 3.13. The van der Waals surface area contributed by atoms with Crippen molar-refractivity contribution in [2.45, 2.75) is 0 Å². The Morgan fingerprint density at radius 3 is 2.82 bits per heavy atom. The highest BCUT2D eigenvalue weighted by Gasteiger charge is 1.99. The van der Waals surface area contributed by atoms with Crippen molar-refractivity contribution in [3.05, 3.63) is 35.4 Å². The highest BCUT2D eigenvalue weighted by atomic mass is 32.1. The van der Waals surface area contributed by atoms with Crippen molar-refractivity contribution in [2.75, 3.05) is 0 Å². The Kier molecular flexibility index (Phi) is 2.29. The van der Waals surface area contributed by atoms with Crippen LogP contribution in [0, 0.1) is 11.3 Å². The Labute approximate surface area is 69.9 Å². The van der Waals surface area contributed by atoms with Gasteiger partial charge in [-0.1, -0.05) is 12.1 Å². The van der Waals surface area contributed by atoms with E-state index in [2.05, 4.69) is 12.6 Å². The average Bonchev–Trinajstić information content (AvgIpc) is 2.05. The van der Waals surface area contributed by atoms with Crippen molar-refractivity contribution < 1.29 is 4.79 Å². The number of nitrogens with zero attached hydrogens (tertiary/aromatic N) is 1. The van der Waals surface area contributed by atoms with Gasteiger partial charge in [0.25, 0.3) is 0 Å². The van der Waals surface area contributed by atoms with E-state index in [9.17, 15) is 4.79 Å². The van der Waals surface area contributed by atoms with Crippen LogP contribution in [0.1, 0.15) is 15.9 Å². The first-order chi connectivity index (χ1) is 5.24. The summed E-state index contributed by atoms with van der Waals surface area (Å²) >= 11 is 3.63. The van der Waals surface area contributed by atoms with Crippen LogP contribution < -0.4 is 0 Å². The number of benzene rings is 1. The predicted octanol–water partition coefficient (Wildman–Crippen LogP) is 1.63. The SMILES string of the molecule is N#Cc1cccc(C(=O)S)c1. The van der Waals surface area contributed by atoms with E-state index in [0.717, 1.165) is 0 Å². The Morgan fingerprint density at radius 1 is 1.55 bits per heavy atom. The molecule has 0 heterocycles. The molecule has 0 atom stereocenters. The van der Waals surface area contributed by atoms with E-state index in [-0.39, 0.29) is 5.12 Å². The zero-order valence-electron chi connectivity index (χ0n) is 5.61.